The van der Waals surface area contributed by atoms with E-state index in [2.05, 4.69) is 12.2 Å². The molecule has 6 nitrogen and oxygen atoms in total. The molecular weight excluding hydrogens is 298 g/mol. The minimum Gasteiger partial charge on any atom is -0.380 e. The number of amides is 1. The summed E-state index contributed by atoms with van der Waals surface area (Å²) >= 11 is 0. The van der Waals surface area contributed by atoms with E-state index in [1.165, 1.54) is 0 Å². The minimum atomic E-state index is -0.127. The predicted molar refractivity (Wildman–Crippen MR) is 88.5 cm³/mol. The van der Waals surface area contributed by atoms with Gasteiger partial charge in [0.2, 0.25) is 5.91 Å². The van der Waals surface area contributed by atoms with Crippen molar-refractivity contribution in [3.8, 4) is 0 Å². The molecule has 0 aliphatic heterocycles. The Balaban J connectivity index is 2.10. The molecule has 0 unspecified atom stereocenters. The van der Waals surface area contributed by atoms with Crippen molar-refractivity contribution in [2.24, 2.45) is 0 Å². The molecule has 1 aliphatic rings. The molecule has 1 N–H and O–H groups in total. The van der Waals surface area contributed by atoms with Gasteiger partial charge < -0.3 is 24.3 Å². The van der Waals surface area contributed by atoms with Crippen LogP contribution in [0.5, 0.6) is 0 Å². The van der Waals surface area contributed by atoms with Crippen LogP contribution in [-0.4, -0.2) is 63.8 Å². The Morgan fingerprint density at radius 1 is 1.04 bits per heavy atom. The summed E-state index contributed by atoms with van der Waals surface area (Å²) in [6, 6.07) is -0.127. The van der Waals surface area contributed by atoms with Crippen LogP contribution in [0.4, 0.5) is 0 Å². The summed E-state index contributed by atoms with van der Waals surface area (Å²) in [7, 11) is 0. The summed E-state index contributed by atoms with van der Waals surface area (Å²) < 4.78 is 22.0. The first kappa shape index (κ1) is 20.4. The number of rotatable bonds is 14. The largest absolute Gasteiger partial charge is 0.380 e. The highest BCUT2D eigenvalue weighted by Crippen LogP contribution is 2.26. The van der Waals surface area contributed by atoms with E-state index in [1.807, 2.05) is 13.8 Å². The van der Waals surface area contributed by atoms with Gasteiger partial charge in [-0.15, -0.1) is 0 Å². The quantitative estimate of drug-likeness (QED) is 0.493. The van der Waals surface area contributed by atoms with Crippen LogP contribution in [0.2, 0.25) is 0 Å². The van der Waals surface area contributed by atoms with Crippen LogP contribution in [-0.2, 0) is 23.7 Å². The number of nitrogens with one attached hydrogen (secondary N) is 1. The molecule has 0 heterocycles. The SMILES string of the molecule is CCCCOC1CC(OCC(=O)NC(COCC)COCC)C1. The van der Waals surface area contributed by atoms with Crippen LogP contribution < -0.4 is 5.32 Å². The Hall–Kier alpha value is -0.690. The van der Waals surface area contributed by atoms with Gasteiger partial charge in [0.15, 0.2) is 0 Å². The first-order chi connectivity index (χ1) is 11.2. The molecule has 0 radical (unpaired) electrons. The lowest BCUT2D eigenvalue weighted by molar-refractivity contribution is -0.139. The zero-order valence-corrected chi connectivity index (χ0v) is 14.8. The predicted octanol–water partition coefficient (Wildman–Crippen LogP) is 1.91. The first-order valence-electron chi connectivity index (χ1n) is 8.87. The van der Waals surface area contributed by atoms with Gasteiger partial charge in [0.25, 0.3) is 0 Å². The third-order valence-electron chi connectivity index (χ3n) is 3.76. The third-order valence-corrected chi connectivity index (χ3v) is 3.76. The molecule has 0 aromatic heterocycles. The number of ether oxygens (including phenoxy) is 4. The molecule has 0 saturated heterocycles. The maximum atomic E-state index is 11.9. The van der Waals surface area contributed by atoms with Crippen LogP contribution in [0.25, 0.3) is 0 Å². The molecule has 0 spiro atoms. The van der Waals surface area contributed by atoms with Crippen molar-refractivity contribution in [2.75, 3.05) is 39.6 Å². The van der Waals surface area contributed by atoms with E-state index in [1.54, 1.807) is 0 Å². The first-order valence-corrected chi connectivity index (χ1v) is 8.87. The second-order valence-corrected chi connectivity index (χ2v) is 5.83. The van der Waals surface area contributed by atoms with Crippen molar-refractivity contribution in [3.63, 3.8) is 0 Å². The molecular formula is C17H33NO5. The summed E-state index contributed by atoms with van der Waals surface area (Å²) in [5.74, 6) is -0.121. The lowest BCUT2D eigenvalue weighted by Crippen LogP contribution is -2.45. The van der Waals surface area contributed by atoms with Gasteiger partial charge >= 0.3 is 0 Å². The highest BCUT2D eigenvalue weighted by molar-refractivity contribution is 5.77. The van der Waals surface area contributed by atoms with E-state index in [4.69, 9.17) is 18.9 Å². The summed E-state index contributed by atoms with van der Waals surface area (Å²) in [6.07, 6.45) is 4.47. The maximum Gasteiger partial charge on any atom is 0.246 e. The Labute approximate surface area is 140 Å². The Bertz CT molecular complexity index is 299. The molecule has 136 valence electrons. The van der Waals surface area contributed by atoms with Gasteiger partial charge in [-0.3, -0.25) is 4.79 Å². The van der Waals surface area contributed by atoms with Gasteiger partial charge in [-0.25, -0.2) is 0 Å². The summed E-state index contributed by atoms with van der Waals surface area (Å²) in [4.78, 5) is 11.9. The maximum absolute atomic E-state index is 11.9. The van der Waals surface area contributed by atoms with Crippen molar-refractivity contribution in [1.82, 2.24) is 5.32 Å². The van der Waals surface area contributed by atoms with Gasteiger partial charge in [-0.1, -0.05) is 13.3 Å². The zero-order chi connectivity index (χ0) is 16.9. The van der Waals surface area contributed by atoms with Gasteiger partial charge in [0, 0.05) is 19.8 Å². The highest BCUT2D eigenvalue weighted by Gasteiger charge is 2.31. The second kappa shape index (κ2) is 12.7. The normalized spacial score (nSPS) is 20.5. The molecule has 23 heavy (non-hydrogen) atoms. The fourth-order valence-corrected chi connectivity index (χ4v) is 2.30. The molecule has 0 aromatic carbocycles. The van der Waals surface area contributed by atoms with Crippen molar-refractivity contribution in [2.45, 2.75) is 64.7 Å². The molecule has 1 saturated carbocycles. The average molecular weight is 331 g/mol. The number of hydrogen-bond acceptors (Lipinski definition) is 5. The lowest BCUT2D eigenvalue weighted by atomic mass is 9.92. The fourth-order valence-electron chi connectivity index (χ4n) is 2.30. The Morgan fingerprint density at radius 3 is 2.22 bits per heavy atom. The lowest BCUT2D eigenvalue weighted by Gasteiger charge is -2.34. The van der Waals surface area contributed by atoms with Gasteiger partial charge in [-0.05, 0) is 33.1 Å². The average Bonchev–Trinajstić information content (AvgIpc) is 2.51. The van der Waals surface area contributed by atoms with Crippen molar-refractivity contribution in [1.29, 1.82) is 0 Å². The Kier molecular flexibility index (Phi) is 11.2. The van der Waals surface area contributed by atoms with Crippen LogP contribution in [0.3, 0.4) is 0 Å². The fraction of sp³-hybridized carbons (Fsp3) is 0.941. The number of carbonyl (C=O) groups is 1. The van der Waals surface area contributed by atoms with E-state index < -0.39 is 0 Å². The number of carbonyl (C=O) groups excluding carboxylic acids is 1. The van der Waals surface area contributed by atoms with Crippen LogP contribution in [0, 0.1) is 0 Å². The monoisotopic (exact) mass is 331 g/mol. The molecule has 0 atom stereocenters. The van der Waals surface area contributed by atoms with Gasteiger partial charge in [0.1, 0.15) is 6.61 Å². The van der Waals surface area contributed by atoms with E-state index >= 15 is 0 Å². The second-order valence-electron chi connectivity index (χ2n) is 5.83. The van der Waals surface area contributed by atoms with E-state index in [0.717, 1.165) is 32.3 Å². The van der Waals surface area contributed by atoms with Gasteiger partial charge in [0.05, 0.1) is 31.5 Å². The molecule has 0 bridgehead atoms. The number of hydrogen-bond donors (Lipinski definition) is 1. The highest BCUT2D eigenvalue weighted by atomic mass is 16.5. The van der Waals surface area contributed by atoms with E-state index in [-0.39, 0.29) is 24.7 Å². The van der Waals surface area contributed by atoms with Crippen molar-refractivity contribution >= 4 is 5.91 Å². The standard InChI is InChI=1S/C17H33NO5/c1-4-7-8-22-15-9-16(10-15)23-13-17(19)18-14(11-20-5-2)12-21-6-3/h14-16H,4-13H2,1-3H3,(H,18,19). The van der Waals surface area contributed by atoms with Crippen LogP contribution in [0.15, 0.2) is 0 Å². The Morgan fingerprint density at radius 2 is 1.65 bits per heavy atom. The summed E-state index contributed by atoms with van der Waals surface area (Å²) in [5, 5.41) is 2.90. The third kappa shape index (κ3) is 9.25. The number of unbranched alkanes of at least 4 members (excludes halogenated alkanes) is 1. The van der Waals surface area contributed by atoms with Gasteiger partial charge in [-0.2, -0.15) is 0 Å². The minimum absolute atomic E-state index is 0.0844. The van der Waals surface area contributed by atoms with E-state index in [9.17, 15) is 4.79 Å². The van der Waals surface area contributed by atoms with Crippen LogP contribution in [0.1, 0.15) is 46.5 Å². The van der Waals surface area contributed by atoms with E-state index in [0.29, 0.717) is 32.5 Å². The molecule has 1 amide bonds. The van der Waals surface area contributed by atoms with Crippen LogP contribution >= 0.6 is 0 Å². The van der Waals surface area contributed by atoms with Crippen molar-refractivity contribution < 1.29 is 23.7 Å². The van der Waals surface area contributed by atoms with Crippen molar-refractivity contribution in [3.05, 3.63) is 0 Å². The summed E-state index contributed by atoms with van der Waals surface area (Å²) in [5.41, 5.74) is 0. The summed E-state index contributed by atoms with van der Waals surface area (Å²) in [6.45, 7) is 9.08. The molecule has 1 aliphatic carbocycles. The smallest absolute Gasteiger partial charge is 0.246 e. The zero-order valence-electron chi connectivity index (χ0n) is 14.8. The molecule has 1 rings (SSSR count). The molecule has 1 fully saturated rings. The molecule has 0 aromatic rings. The topological polar surface area (TPSA) is 66.0 Å². The molecule has 6 heteroatoms.